The second kappa shape index (κ2) is 8.84. The van der Waals surface area contributed by atoms with Gasteiger partial charge in [-0.15, -0.1) is 11.3 Å². The van der Waals surface area contributed by atoms with Crippen LogP contribution in [0.4, 0.5) is 0 Å². The number of fused-ring (bicyclic) bond motifs is 1. The molecule has 1 aliphatic heterocycles. The van der Waals surface area contributed by atoms with Gasteiger partial charge in [-0.3, -0.25) is 14.3 Å². The number of nitrogens with one attached hydrogen (secondary N) is 1. The van der Waals surface area contributed by atoms with E-state index in [1.54, 1.807) is 11.3 Å². The Hall–Kier alpha value is -4.24. The van der Waals surface area contributed by atoms with E-state index in [2.05, 4.69) is 59.8 Å². The first kappa shape index (κ1) is 21.3. The molecule has 0 saturated carbocycles. The van der Waals surface area contributed by atoms with E-state index in [9.17, 15) is 0 Å². The van der Waals surface area contributed by atoms with Crippen molar-refractivity contribution in [1.29, 1.82) is 5.26 Å². The largest absolute Gasteiger partial charge is 0.298 e. The molecule has 0 radical (unpaired) electrons. The number of benzene rings is 1. The van der Waals surface area contributed by atoms with E-state index < -0.39 is 0 Å². The molecule has 8 heteroatoms. The van der Waals surface area contributed by atoms with Crippen LogP contribution in [-0.4, -0.2) is 37.2 Å². The Morgan fingerprint density at radius 3 is 2.80 bits per heavy atom. The molecule has 7 nitrogen and oxygen atoms in total. The molecule has 0 bridgehead atoms. The summed E-state index contributed by atoms with van der Waals surface area (Å²) in [5.74, 6) is 0. The quantitative estimate of drug-likeness (QED) is 0.324. The number of thiophene rings is 1. The van der Waals surface area contributed by atoms with Crippen molar-refractivity contribution < 1.29 is 0 Å². The van der Waals surface area contributed by atoms with Crippen molar-refractivity contribution in [3.8, 4) is 39.0 Å². The van der Waals surface area contributed by atoms with Crippen LogP contribution in [-0.2, 0) is 6.54 Å². The molecule has 1 fully saturated rings. The minimum atomic E-state index is 0.0131. The summed E-state index contributed by atoms with van der Waals surface area (Å²) in [5, 5.41) is 16.5. The van der Waals surface area contributed by atoms with Crippen molar-refractivity contribution in [2.45, 2.75) is 25.6 Å². The predicted octanol–water partition coefficient (Wildman–Crippen LogP) is 5.83. The number of aromatic amines is 1. The molecule has 1 saturated heterocycles. The molecule has 0 amide bonds. The number of aromatic nitrogens is 4. The first-order chi connectivity index (χ1) is 17.2. The monoisotopic (exact) mass is 475 g/mol. The van der Waals surface area contributed by atoms with Crippen LogP contribution in [0.1, 0.15) is 23.3 Å². The number of likely N-dealkylation sites (tertiary alicyclic amines) is 1. The molecule has 170 valence electrons. The number of hydrogen-bond donors (Lipinski definition) is 1. The van der Waals surface area contributed by atoms with Crippen molar-refractivity contribution >= 4 is 17.0 Å². The molecule has 0 unspecified atom stereocenters. The van der Waals surface area contributed by atoms with Gasteiger partial charge in [0.2, 0.25) is 0 Å². The van der Waals surface area contributed by atoms with Crippen molar-refractivity contribution in [3.63, 3.8) is 0 Å². The summed E-state index contributed by atoms with van der Waals surface area (Å²) in [6.07, 6.45) is 7.93. The molecule has 0 spiro atoms. The van der Waals surface area contributed by atoms with E-state index in [1.807, 2.05) is 42.7 Å². The van der Waals surface area contributed by atoms with Crippen LogP contribution < -0.4 is 0 Å². The molecule has 1 N–H and O–H groups in total. The fourth-order valence-electron chi connectivity index (χ4n) is 4.70. The van der Waals surface area contributed by atoms with Crippen LogP contribution >= 0.6 is 11.3 Å². The maximum atomic E-state index is 9.10. The van der Waals surface area contributed by atoms with Gasteiger partial charge in [0.05, 0.1) is 40.3 Å². The number of pyridine rings is 1. The Bertz CT molecular complexity index is 1590. The van der Waals surface area contributed by atoms with Crippen LogP contribution in [0.5, 0.6) is 0 Å². The lowest BCUT2D eigenvalue weighted by Crippen LogP contribution is -2.25. The summed E-state index contributed by atoms with van der Waals surface area (Å²) in [4.78, 5) is 13.1. The van der Waals surface area contributed by atoms with Gasteiger partial charge in [-0.25, -0.2) is 16.5 Å². The number of nitrogens with zero attached hydrogens (tertiary/aromatic N) is 6. The minimum absolute atomic E-state index is 0.0131. The van der Waals surface area contributed by atoms with Crippen LogP contribution in [0.3, 0.4) is 0 Å². The third-order valence-electron chi connectivity index (χ3n) is 6.51. The molecule has 5 aromatic rings. The molecule has 1 aliphatic rings. The summed E-state index contributed by atoms with van der Waals surface area (Å²) in [7, 11) is 0. The molecule has 5 heterocycles. The van der Waals surface area contributed by atoms with E-state index in [4.69, 9.17) is 11.8 Å². The zero-order valence-electron chi connectivity index (χ0n) is 18.8. The summed E-state index contributed by atoms with van der Waals surface area (Å²) < 4.78 is 2.12. The van der Waals surface area contributed by atoms with E-state index in [0.29, 0.717) is 5.56 Å². The van der Waals surface area contributed by atoms with Gasteiger partial charge in [0.25, 0.3) is 6.17 Å². The van der Waals surface area contributed by atoms with Gasteiger partial charge in [-0.2, -0.15) is 10.4 Å². The van der Waals surface area contributed by atoms with Gasteiger partial charge in [0, 0.05) is 47.3 Å². The highest BCUT2D eigenvalue weighted by molar-refractivity contribution is 7.15. The molecule has 1 atom stereocenters. The van der Waals surface area contributed by atoms with Gasteiger partial charge in [0.1, 0.15) is 5.65 Å². The van der Waals surface area contributed by atoms with Crippen LogP contribution in [0.15, 0.2) is 67.1 Å². The molecule has 4 aromatic heterocycles. The number of hydrogen-bond acceptors (Lipinski definition) is 5. The predicted molar refractivity (Wildman–Crippen MR) is 136 cm³/mol. The van der Waals surface area contributed by atoms with Gasteiger partial charge in [-0.05, 0) is 42.8 Å². The normalized spacial score (nSPS) is 15.9. The van der Waals surface area contributed by atoms with Crippen LogP contribution in [0.2, 0.25) is 0 Å². The topological polar surface area (TPSA) is 77.4 Å². The highest BCUT2D eigenvalue weighted by Gasteiger charge is 2.29. The second-order valence-electron chi connectivity index (χ2n) is 8.63. The average Bonchev–Trinajstić information content (AvgIpc) is 3.70. The molecule has 1 aromatic carbocycles. The van der Waals surface area contributed by atoms with Crippen molar-refractivity contribution in [3.05, 3.63) is 89.0 Å². The first-order valence-corrected chi connectivity index (χ1v) is 12.3. The van der Waals surface area contributed by atoms with Crippen molar-refractivity contribution in [1.82, 2.24) is 24.5 Å². The van der Waals surface area contributed by atoms with Crippen LogP contribution in [0.25, 0.3) is 43.4 Å². The van der Waals surface area contributed by atoms with Gasteiger partial charge < -0.3 is 0 Å². The Morgan fingerprint density at radius 2 is 1.97 bits per heavy atom. The summed E-state index contributed by atoms with van der Waals surface area (Å²) in [5.41, 5.74) is 6.46. The van der Waals surface area contributed by atoms with E-state index >= 15 is 0 Å². The zero-order chi connectivity index (χ0) is 23.8. The summed E-state index contributed by atoms with van der Waals surface area (Å²) in [6, 6.07) is 18.1. The Kier molecular flexibility index (Phi) is 5.38. The van der Waals surface area contributed by atoms with Gasteiger partial charge in [-0.1, -0.05) is 12.1 Å². The summed E-state index contributed by atoms with van der Waals surface area (Å²) in [6.45, 7) is 9.24. The highest BCUT2D eigenvalue weighted by Crippen LogP contribution is 2.34. The van der Waals surface area contributed by atoms with E-state index in [-0.39, 0.29) is 6.17 Å². The average molecular weight is 476 g/mol. The van der Waals surface area contributed by atoms with Crippen molar-refractivity contribution in [2.75, 3.05) is 6.54 Å². The third kappa shape index (κ3) is 3.89. The SMILES string of the molecule is [C-]#[N+][C@@H]1CCCN1Cc1ccc(-c2cnc3ccc(-c4cn[nH]c4-c4ccc(C#N)cc4)cn23)s1. The minimum Gasteiger partial charge on any atom is -0.298 e. The Morgan fingerprint density at radius 1 is 1.11 bits per heavy atom. The molecule has 0 aliphatic carbocycles. The van der Waals surface area contributed by atoms with E-state index in [1.165, 1.54) is 4.88 Å². The van der Waals surface area contributed by atoms with Crippen molar-refractivity contribution in [2.24, 2.45) is 0 Å². The number of nitriles is 1. The number of imidazole rings is 1. The maximum Gasteiger partial charge on any atom is 0.280 e. The van der Waals surface area contributed by atoms with E-state index in [0.717, 1.165) is 64.5 Å². The fourth-order valence-corrected chi connectivity index (χ4v) is 5.74. The highest BCUT2D eigenvalue weighted by atomic mass is 32.1. The lowest BCUT2D eigenvalue weighted by Gasteiger charge is -2.13. The first-order valence-electron chi connectivity index (χ1n) is 11.4. The molecule has 6 rings (SSSR count). The molecular formula is C27H21N7S. The fraction of sp³-hybridized carbons (Fsp3) is 0.185. The van der Waals surface area contributed by atoms with Crippen LogP contribution in [0, 0.1) is 17.9 Å². The summed E-state index contributed by atoms with van der Waals surface area (Å²) >= 11 is 1.76. The molecule has 35 heavy (non-hydrogen) atoms. The lowest BCUT2D eigenvalue weighted by atomic mass is 10.0. The Labute approximate surface area is 206 Å². The standard InChI is InChI=1S/C27H21N7S/c1-29-25-3-2-12-33(25)17-21-9-10-24(35-21)23-15-30-26-11-8-20(16-34(23)26)22-14-31-32-27(22)19-6-4-18(13-28)5-7-19/h4-11,14-16,25H,2-3,12,17H2,(H,31,32)/t25-/m0/s1. The Balaban J connectivity index is 1.33. The second-order valence-corrected chi connectivity index (χ2v) is 9.79. The smallest absolute Gasteiger partial charge is 0.280 e. The lowest BCUT2D eigenvalue weighted by molar-refractivity contribution is 0.282. The number of H-pyrrole nitrogens is 1. The van der Waals surface area contributed by atoms with Gasteiger partial charge in [0.15, 0.2) is 0 Å². The zero-order valence-corrected chi connectivity index (χ0v) is 19.7. The maximum absolute atomic E-state index is 9.10. The molecular weight excluding hydrogens is 454 g/mol. The number of rotatable bonds is 5. The van der Waals surface area contributed by atoms with Gasteiger partial charge >= 0.3 is 0 Å². The third-order valence-corrected chi connectivity index (χ3v) is 7.60.